The summed E-state index contributed by atoms with van der Waals surface area (Å²) in [5, 5.41) is 3.21. The lowest BCUT2D eigenvalue weighted by molar-refractivity contribution is -0.126. The summed E-state index contributed by atoms with van der Waals surface area (Å²) in [7, 11) is 3.31. The Morgan fingerprint density at radius 3 is 2.43 bits per heavy atom. The van der Waals surface area contributed by atoms with Crippen molar-refractivity contribution in [3.05, 3.63) is 23.8 Å². The van der Waals surface area contributed by atoms with Crippen LogP contribution in [0, 0.1) is 5.92 Å². The van der Waals surface area contributed by atoms with E-state index in [0.717, 1.165) is 43.7 Å². The minimum absolute atomic E-state index is 0.0872. The first-order valence-electron chi connectivity index (χ1n) is 8.69. The molecule has 1 aromatic rings. The van der Waals surface area contributed by atoms with E-state index >= 15 is 0 Å². The molecule has 2 aliphatic rings. The second-order valence-corrected chi connectivity index (χ2v) is 6.90. The maximum atomic E-state index is 12.4. The number of methoxy groups -OCH3 is 2. The molecule has 0 bridgehead atoms. The van der Waals surface area contributed by atoms with Crippen molar-refractivity contribution in [1.29, 1.82) is 0 Å². The molecule has 0 heterocycles. The van der Waals surface area contributed by atoms with Gasteiger partial charge in [0.2, 0.25) is 5.91 Å². The highest BCUT2D eigenvalue weighted by Gasteiger charge is 2.45. The van der Waals surface area contributed by atoms with Crippen molar-refractivity contribution in [2.75, 3.05) is 20.8 Å². The quantitative estimate of drug-likeness (QED) is 0.874. The Hall–Kier alpha value is -1.71. The molecule has 4 heteroatoms. The summed E-state index contributed by atoms with van der Waals surface area (Å²) in [4.78, 5) is 12.4. The number of hydrogen-bond donors (Lipinski definition) is 1. The van der Waals surface area contributed by atoms with Gasteiger partial charge >= 0.3 is 0 Å². The molecule has 3 rings (SSSR count). The van der Waals surface area contributed by atoms with Crippen LogP contribution in [0.15, 0.2) is 18.2 Å². The average Bonchev–Trinajstić information content (AvgIpc) is 3.41. The maximum absolute atomic E-state index is 12.4. The highest BCUT2D eigenvalue weighted by molar-refractivity contribution is 5.78. The zero-order valence-corrected chi connectivity index (χ0v) is 14.2. The van der Waals surface area contributed by atoms with Gasteiger partial charge in [0, 0.05) is 17.9 Å². The molecule has 2 saturated carbocycles. The van der Waals surface area contributed by atoms with Gasteiger partial charge in [-0.15, -0.1) is 0 Å². The van der Waals surface area contributed by atoms with Gasteiger partial charge in [-0.3, -0.25) is 4.79 Å². The third-order valence-electron chi connectivity index (χ3n) is 5.43. The Bertz CT molecular complexity index is 560. The van der Waals surface area contributed by atoms with Crippen molar-refractivity contribution in [2.24, 2.45) is 5.92 Å². The number of ether oxygens (including phenoxy) is 2. The molecule has 0 spiro atoms. The first-order chi connectivity index (χ1) is 11.2. The molecule has 2 aliphatic carbocycles. The summed E-state index contributed by atoms with van der Waals surface area (Å²) in [6.45, 7) is 0.734. The van der Waals surface area contributed by atoms with E-state index in [2.05, 4.69) is 17.4 Å². The molecule has 1 aromatic carbocycles. The van der Waals surface area contributed by atoms with Crippen LogP contribution in [0.5, 0.6) is 11.5 Å². The van der Waals surface area contributed by atoms with Crippen molar-refractivity contribution >= 4 is 5.91 Å². The summed E-state index contributed by atoms with van der Waals surface area (Å²) in [5.74, 6) is 1.98. The normalized spacial score (nSPS) is 19.9. The number of nitrogens with one attached hydrogen (secondary N) is 1. The van der Waals surface area contributed by atoms with Crippen LogP contribution in [0.1, 0.15) is 50.5 Å². The monoisotopic (exact) mass is 317 g/mol. The molecule has 126 valence electrons. The van der Waals surface area contributed by atoms with Crippen molar-refractivity contribution in [3.8, 4) is 11.5 Å². The molecule has 0 unspecified atom stereocenters. The van der Waals surface area contributed by atoms with E-state index in [9.17, 15) is 4.79 Å². The van der Waals surface area contributed by atoms with Gasteiger partial charge in [0.25, 0.3) is 0 Å². The molecular weight excluding hydrogens is 290 g/mol. The highest BCUT2D eigenvalue weighted by Crippen LogP contribution is 2.49. The van der Waals surface area contributed by atoms with Crippen LogP contribution in [-0.4, -0.2) is 26.7 Å². The van der Waals surface area contributed by atoms with Crippen LogP contribution in [0.3, 0.4) is 0 Å². The number of carbonyl (C=O) groups excluding carboxylic acids is 1. The molecular formula is C19H27NO3. The Kier molecular flexibility index (Phi) is 4.79. The lowest BCUT2D eigenvalue weighted by atomic mass is 9.88. The molecule has 1 amide bonds. The van der Waals surface area contributed by atoms with Crippen molar-refractivity contribution < 1.29 is 14.3 Å². The Balaban J connectivity index is 1.64. The zero-order valence-electron chi connectivity index (χ0n) is 14.2. The summed E-state index contributed by atoms with van der Waals surface area (Å²) < 4.78 is 10.7. The van der Waals surface area contributed by atoms with Crippen LogP contribution < -0.4 is 14.8 Å². The second-order valence-electron chi connectivity index (χ2n) is 6.90. The highest BCUT2D eigenvalue weighted by atomic mass is 16.5. The second kappa shape index (κ2) is 6.81. The minimum atomic E-state index is 0.0872. The van der Waals surface area contributed by atoms with Gasteiger partial charge in [0.05, 0.1) is 14.2 Å². The summed E-state index contributed by atoms with van der Waals surface area (Å²) in [5.41, 5.74) is 1.32. The van der Waals surface area contributed by atoms with Crippen molar-refractivity contribution in [1.82, 2.24) is 5.32 Å². The summed E-state index contributed by atoms with van der Waals surface area (Å²) in [6, 6.07) is 6.11. The SMILES string of the molecule is COc1ccc(C2(CNC(=O)C3CCCCC3)CC2)cc1OC. The van der Waals surface area contributed by atoms with Gasteiger partial charge in [-0.25, -0.2) is 0 Å². The summed E-state index contributed by atoms with van der Waals surface area (Å²) >= 11 is 0. The molecule has 0 saturated heterocycles. The van der Waals surface area contributed by atoms with Gasteiger partial charge < -0.3 is 14.8 Å². The fraction of sp³-hybridized carbons (Fsp3) is 0.632. The van der Waals surface area contributed by atoms with Crippen molar-refractivity contribution in [3.63, 3.8) is 0 Å². The Morgan fingerprint density at radius 2 is 1.83 bits per heavy atom. The molecule has 0 aromatic heterocycles. The first-order valence-corrected chi connectivity index (χ1v) is 8.69. The number of rotatable bonds is 6. The lowest BCUT2D eigenvalue weighted by Gasteiger charge is -2.23. The third-order valence-corrected chi connectivity index (χ3v) is 5.43. The van der Waals surface area contributed by atoms with Crippen LogP contribution in [0.25, 0.3) is 0 Å². The number of hydrogen-bond acceptors (Lipinski definition) is 3. The lowest BCUT2D eigenvalue weighted by Crippen LogP contribution is -2.37. The van der Waals surface area contributed by atoms with Crippen LogP contribution in [-0.2, 0) is 10.2 Å². The smallest absolute Gasteiger partial charge is 0.223 e. The topological polar surface area (TPSA) is 47.6 Å². The fourth-order valence-corrected chi connectivity index (χ4v) is 3.65. The van der Waals surface area contributed by atoms with Gasteiger partial charge in [-0.1, -0.05) is 25.3 Å². The Labute approximate surface area is 138 Å². The van der Waals surface area contributed by atoms with E-state index in [1.165, 1.54) is 24.8 Å². The molecule has 2 fully saturated rings. The zero-order chi connectivity index (χ0) is 16.3. The van der Waals surface area contributed by atoms with E-state index < -0.39 is 0 Å². The van der Waals surface area contributed by atoms with E-state index in [1.807, 2.05) is 6.07 Å². The van der Waals surface area contributed by atoms with Gasteiger partial charge in [0.1, 0.15) is 0 Å². The van der Waals surface area contributed by atoms with Crippen LogP contribution in [0.2, 0.25) is 0 Å². The summed E-state index contributed by atoms with van der Waals surface area (Å²) in [6.07, 6.45) is 8.00. The number of amides is 1. The van der Waals surface area contributed by atoms with E-state index in [4.69, 9.17) is 9.47 Å². The van der Waals surface area contributed by atoms with Crippen LogP contribution in [0.4, 0.5) is 0 Å². The largest absolute Gasteiger partial charge is 0.493 e. The average molecular weight is 317 g/mol. The van der Waals surface area contributed by atoms with Crippen LogP contribution >= 0.6 is 0 Å². The van der Waals surface area contributed by atoms with E-state index in [1.54, 1.807) is 14.2 Å². The molecule has 0 aliphatic heterocycles. The van der Waals surface area contributed by atoms with Gasteiger partial charge in [0.15, 0.2) is 11.5 Å². The number of carbonyl (C=O) groups is 1. The third kappa shape index (κ3) is 3.46. The predicted molar refractivity (Wildman–Crippen MR) is 90.0 cm³/mol. The minimum Gasteiger partial charge on any atom is -0.493 e. The van der Waals surface area contributed by atoms with E-state index in [-0.39, 0.29) is 17.2 Å². The van der Waals surface area contributed by atoms with Crippen molar-refractivity contribution in [2.45, 2.75) is 50.4 Å². The van der Waals surface area contributed by atoms with E-state index in [0.29, 0.717) is 0 Å². The molecule has 0 atom stereocenters. The molecule has 4 nitrogen and oxygen atoms in total. The van der Waals surface area contributed by atoms with Gasteiger partial charge in [-0.05, 0) is 43.4 Å². The Morgan fingerprint density at radius 1 is 1.13 bits per heavy atom. The fourth-order valence-electron chi connectivity index (χ4n) is 3.65. The molecule has 1 N–H and O–H groups in total. The maximum Gasteiger partial charge on any atom is 0.223 e. The standard InChI is InChI=1S/C19H27NO3/c1-22-16-9-8-15(12-17(16)23-2)19(10-11-19)13-20-18(21)14-6-4-3-5-7-14/h8-9,12,14H,3-7,10-11,13H2,1-2H3,(H,20,21). The number of benzene rings is 1. The van der Waals surface area contributed by atoms with Gasteiger partial charge in [-0.2, -0.15) is 0 Å². The predicted octanol–water partition coefficient (Wildman–Crippen LogP) is 3.43. The molecule has 0 radical (unpaired) electrons. The molecule has 23 heavy (non-hydrogen) atoms. The first kappa shape index (κ1) is 16.2.